The van der Waals surface area contributed by atoms with Gasteiger partial charge in [-0.3, -0.25) is 4.90 Å². The van der Waals surface area contributed by atoms with E-state index in [0.717, 1.165) is 48.8 Å². The number of piperazine rings is 1. The maximum Gasteiger partial charge on any atom is 0.138 e. The number of benzene rings is 1. The molecule has 0 saturated carbocycles. The van der Waals surface area contributed by atoms with Gasteiger partial charge >= 0.3 is 0 Å². The molecule has 1 atom stereocenters. The molecule has 1 aliphatic rings. The molecule has 21 heavy (non-hydrogen) atoms. The first-order valence-corrected chi connectivity index (χ1v) is 7.27. The number of hydrogen-bond donors (Lipinski definition) is 1. The lowest BCUT2D eigenvalue weighted by Crippen LogP contribution is -2.45. The minimum atomic E-state index is -0.185. The molecule has 112 valence electrons. The molecule has 1 fully saturated rings. The largest absolute Gasteiger partial charge is 0.361 e. The van der Waals surface area contributed by atoms with Gasteiger partial charge in [0, 0.05) is 37.8 Å². The Morgan fingerprint density at radius 1 is 1.43 bits per heavy atom. The molecule has 1 aromatic carbocycles. The summed E-state index contributed by atoms with van der Waals surface area (Å²) in [5.41, 5.74) is 3.08. The van der Waals surface area contributed by atoms with Gasteiger partial charge in [0.05, 0.1) is 5.69 Å². The van der Waals surface area contributed by atoms with Crippen molar-refractivity contribution in [3.8, 4) is 0 Å². The van der Waals surface area contributed by atoms with E-state index in [1.807, 2.05) is 19.9 Å². The van der Waals surface area contributed by atoms with Crippen molar-refractivity contribution < 1.29 is 8.91 Å². The first-order valence-electron chi connectivity index (χ1n) is 7.27. The molecule has 0 bridgehead atoms. The van der Waals surface area contributed by atoms with Gasteiger partial charge in [-0.05, 0) is 31.5 Å². The minimum Gasteiger partial charge on any atom is -0.361 e. The van der Waals surface area contributed by atoms with Crippen LogP contribution in [-0.2, 0) is 6.54 Å². The van der Waals surface area contributed by atoms with E-state index < -0.39 is 0 Å². The monoisotopic (exact) mass is 289 g/mol. The van der Waals surface area contributed by atoms with Crippen LogP contribution in [0.4, 0.5) is 4.39 Å². The van der Waals surface area contributed by atoms with E-state index in [1.54, 1.807) is 12.1 Å². The molecule has 1 aromatic heterocycles. The van der Waals surface area contributed by atoms with E-state index in [1.165, 1.54) is 6.07 Å². The predicted molar refractivity (Wildman–Crippen MR) is 78.4 cm³/mol. The van der Waals surface area contributed by atoms with Crippen molar-refractivity contribution in [2.75, 3.05) is 19.6 Å². The van der Waals surface area contributed by atoms with E-state index in [0.29, 0.717) is 0 Å². The highest BCUT2D eigenvalue weighted by Gasteiger charge is 2.25. The van der Waals surface area contributed by atoms with Crippen LogP contribution in [0, 0.1) is 19.7 Å². The van der Waals surface area contributed by atoms with Crippen LogP contribution >= 0.6 is 0 Å². The van der Waals surface area contributed by atoms with Gasteiger partial charge in [0.15, 0.2) is 0 Å². The highest BCUT2D eigenvalue weighted by molar-refractivity contribution is 5.24. The zero-order valence-corrected chi connectivity index (χ0v) is 12.4. The number of nitrogens with zero attached hydrogens (tertiary/aromatic N) is 2. The van der Waals surface area contributed by atoms with Gasteiger partial charge < -0.3 is 9.84 Å². The Labute approximate surface area is 123 Å². The van der Waals surface area contributed by atoms with Gasteiger partial charge in [-0.2, -0.15) is 0 Å². The normalized spacial score (nSPS) is 19.9. The minimum absolute atomic E-state index is 0.170. The molecule has 1 N–H and O–H groups in total. The second-order valence-corrected chi connectivity index (χ2v) is 5.55. The average Bonchev–Trinajstić information content (AvgIpc) is 2.80. The summed E-state index contributed by atoms with van der Waals surface area (Å²) >= 11 is 0. The molecule has 1 saturated heterocycles. The van der Waals surface area contributed by atoms with Crippen molar-refractivity contribution >= 4 is 0 Å². The summed E-state index contributed by atoms with van der Waals surface area (Å²) in [5, 5.41) is 7.40. The molecule has 0 radical (unpaired) electrons. The van der Waals surface area contributed by atoms with Crippen LogP contribution in [0.2, 0.25) is 0 Å². The zero-order chi connectivity index (χ0) is 14.8. The summed E-state index contributed by atoms with van der Waals surface area (Å²) in [6.45, 7) is 7.37. The van der Waals surface area contributed by atoms with E-state index in [2.05, 4.69) is 15.4 Å². The van der Waals surface area contributed by atoms with E-state index in [4.69, 9.17) is 4.52 Å². The number of halogens is 1. The first kappa shape index (κ1) is 14.2. The van der Waals surface area contributed by atoms with Crippen LogP contribution in [0.1, 0.15) is 28.6 Å². The third kappa shape index (κ3) is 2.99. The molecule has 0 spiro atoms. The van der Waals surface area contributed by atoms with Crippen molar-refractivity contribution in [2.24, 2.45) is 0 Å². The average molecular weight is 289 g/mol. The fraction of sp³-hybridized carbons (Fsp3) is 0.438. The predicted octanol–water partition coefficient (Wildman–Crippen LogP) is 2.58. The summed E-state index contributed by atoms with van der Waals surface area (Å²) in [5.74, 6) is 0.680. The number of nitrogens with one attached hydrogen (secondary N) is 1. The number of aromatic nitrogens is 1. The Morgan fingerprint density at radius 3 is 3.00 bits per heavy atom. The van der Waals surface area contributed by atoms with Crippen molar-refractivity contribution in [1.82, 2.24) is 15.4 Å². The third-order valence-corrected chi connectivity index (χ3v) is 4.13. The van der Waals surface area contributed by atoms with Crippen LogP contribution in [0.25, 0.3) is 0 Å². The Hall–Kier alpha value is -1.72. The lowest BCUT2D eigenvalue weighted by atomic mass is 10.0. The van der Waals surface area contributed by atoms with Crippen LogP contribution in [0.5, 0.6) is 0 Å². The molecule has 0 amide bonds. The number of aryl methyl sites for hydroxylation is 2. The molecule has 0 aliphatic carbocycles. The van der Waals surface area contributed by atoms with E-state index in [9.17, 15) is 4.39 Å². The quantitative estimate of drug-likeness (QED) is 0.943. The van der Waals surface area contributed by atoms with Crippen molar-refractivity contribution in [3.63, 3.8) is 0 Å². The molecule has 5 heteroatoms. The SMILES string of the molecule is Cc1noc(C)c1CN1CCNCC1c1cccc(F)c1. The van der Waals surface area contributed by atoms with Gasteiger partial charge in [0.25, 0.3) is 0 Å². The second kappa shape index (κ2) is 5.95. The Bertz CT molecular complexity index is 606. The lowest BCUT2D eigenvalue weighted by molar-refractivity contribution is 0.152. The number of hydrogen-bond acceptors (Lipinski definition) is 4. The van der Waals surface area contributed by atoms with Crippen LogP contribution in [-0.4, -0.2) is 29.7 Å². The van der Waals surface area contributed by atoms with Crippen molar-refractivity contribution in [3.05, 3.63) is 52.7 Å². The Kier molecular flexibility index (Phi) is 4.03. The van der Waals surface area contributed by atoms with E-state index in [-0.39, 0.29) is 11.9 Å². The van der Waals surface area contributed by atoms with Crippen LogP contribution in [0.3, 0.4) is 0 Å². The van der Waals surface area contributed by atoms with Crippen molar-refractivity contribution in [2.45, 2.75) is 26.4 Å². The number of rotatable bonds is 3. The molecular formula is C16H20FN3O. The molecule has 1 aliphatic heterocycles. The van der Waals surface area contributed by atoms with Gasteiger partial charge in [-0.15, -0.1) is 0 Å². The molecule has 2 heterocycles. The van der Waals surface area contributed by atoms with Gasteiger partial charge in [0.1, 0.15) is 11.6 Å². The maximum absolute atomic E-state index is 13.5. The maximum atomic E-state index is 13.5. The summed E-state index contributed by atoms with van der Waals surface area (Å²) in [6.07, 6.45) is 0. The molecule has 4 nitrogen and oxygen atoms in total. The topological polar surface area (TPSA) is 41.3 Å². The summed E-state index contributed by atoms with van der Waals surface area (Å²) in [7, 11) is 0. The van der Waals surface area contributed by atoms with Gasteiger partial charge in [0.2, 0.25) is 0 Å². The molecule has 1 unspecified atom stereocenters. The summed E-state index contributed by atoms with van der Waals surface area (Å²) < 4.78 is 18.7. The van der Waals surface area contributed by atoms with Crippen LogP contribution in [0.15, 0.2) is 28.8 Å². The van der Waals surface area contributed by atoms with Crippen molar-refractivity contribution in [1.29, 1.82) is 0 Å². The Morgan fingerprint density at radius 2 is 2.29 bits per heavy atom. The fourth-order valence-corrected chi connectivity index (χ4v) is 2.91. The van der Waals surface area contributed by atoms with Gasteiger partial charge in [-0.25, -0.2) is 4.39 Å². The second-order valence-electron chi connectivity index (χ2n) is 5.55. The highest BCUT2D eigenvalue weighted by atomic mass is 19.1. The third-order valence-electron chi connectivity index (χ3n) is 4.13. The van der Waals surface area contributed by atoms with Gasteiger partial charge in [-0.1, -0.05) is 17.3 Å². The van der Waals surface area contributed by atoms with E-state index >= 15 is 0 Å². The lowest BCUT2D eigenvalue weighted by Gasteiger charge is -2.36. The van der Waals surface area contributed by atoms with Crippen LogP contribution < -0.4 is 5.32 Å². The standard InChI is InChI=1S/C16H20FN3O/c1-11-15(12(2)21-19-11)10-20-7-6-18-9-16(20)13-4-3-5-14(17)8-13/h3-5,8,16,18H,6-7,9-10H2,1-2H3. The first-order chi connectivity index (χ1) is 10.1. The molecular weight excluding hydrogens is 269 g/mol. The smallest absolute Gasteiger partial charge is 0.138 e. The highest BCUT2D eigenvalue weighted by Crippen LogP contribution is 2.26. The molecule has 2 aromatic rings. The fourth-order valence-electron chi connectivity index (χ4n) is 2.91. The zero-order valence-electron chi connectivity index (χ0n) is 12.4. The summed E-state index contributed by atoms with van der Waals surface area (Å²) in [6, 6.07) is 7.04. The Balaban J connectivity index is 1.85. The summed E-state index contributed by atoms with van der Waals surface area (Å²) in [4.78, 5) is 2.36. The molecule has 3 rings (SSSR count).